The molecule has 3 N–H and O–H groups in total. The molecule has 1 aromatic carbocycles. The number of hydrogen-bond acceptors (Lipinski definition) is 3. The van der Waals surface area contributed by atoms with Gasteiger partial charge in [-0.15, -0.1) is 0 Å². The van der Waals surface area contributed by atoms with Crippen LogP contribution in [0.5, 0.6) is 0 Å². The Morgan fingerprint density at radius 2 is 1.04 bits per heavy atom. The minimum absolute atomic E-state index is 0. The van der Waals surface area contributed by atoms with Crippen molar-refractivity contribution in [3.63, 3.8) is 0 Å². The molecule has 0 bridgehead atoms. The summed E-state index contributed by atoms with van der Waals surface area (Å²) in [5.74, 6) is 0. The van der Waals surface area contributed by atoms with Gasteiger partial charge in [0.2, 0.25) is 0 Å². The van der Waals surface area contributed by atoms with Crippen LogP contribution in [0.2, 0.25) is 0 Å². The maximum Gasteiger partial charge on any atom is 0.0430 e. The molecular weight excluding hydrogens is 324 g/mol. The quantitative estimate of drug-likeness (QED) is 0.527. The number of aliphatic hydroxyl groups excluding tert-OH is 3. The van der Waals surface area contributed by atoms with Crippen molar-refractivity contribution < 1.29 is 37.0 Å². The maximum atomic E-state index is 8.07. The van der Waals surface area contributed by atoms with Crippen molar-refractivity contribution in [1.29, 1.82) is 0 Å². The standard InChI is InChI=1S/C7H7.3C4H10O.Ti/c1-7-5-3-2-4-6-7;3*1-2-3-4-5;/h3-6H,1H3;3*5H,2-4H2,1H3;/q-1;;;;. The third-order valence-corrected chi connectivity index (χ3v) is 2.42. The van der Waals surface area contributed by atoms with Gasteiger partial charge in [0.25, 0.3) is 0 Å². The molecule has 0 amide bonds. The number of benzene rings is 1. The number of hydrogen-bond donors (Lipinski definition) is 3. The summed E-state index contributed by atoms with van der Waals surface area (Å²) in [6, 6.07) is 10.8. The minimum atomic E-state index is 0. The molecule has 0 radical (unpaired) electrons. The van der Waals surface area contributed by atoms with E-state index in [0.29, 0.717) is 19.8 Å². The van der Waals surface area contributed by atoms with Crippen molar-refractivity contribution in [3.8, 4) is 0 Å². The SMILES string of the molecule is CCCCO.CCCCO.CCCCO.Cc1cc[c-]cc1.[Ti]. The van der Waals surface area contributed by atoms with Crippen LogP contribution in [0.25, 0.3) is 0 Å². The van der Waals surface area contributed by atoms with Gasteiger partial charge in [0.05, 0.1) is 0 Å². The third kappa shape index (κ3) is 44.9. The van der Waals surface area contributed by atoms with E-state index >= 15 is 0 Å². The molecule has 0 aliphatic heterocycles. The minimum Gasteiger partial charge on any atom is -0.396 e. The van der Waals surface area contributed by atoms with Gasteiger partial charge in [-0.25, -0.2) is 0 Å². The van der Waals surface area contributed by atoms with Gasteiger partial charge in [0.1, 0.15) is 0 Å². The van der Waals surface area contributed by atoms with Crippen LogP contribution >= 0.6 is 0 Å². The fourth-order valence-electron chi connectivity index (χ4n) is 0.945. The van der Waals surface area contributed by atoms with E-state index in [-0.39, 0.29) is 21.7 Å². The zero-order valence-electron chi connectivity index (χ0n) is 15.5. The average Bonchev–Trinajstić information content (AvgIpc) is 2.52. The summed E-state index contributed by atoms with van der Waals surface area (Å²) in [5, 5.41) is 24.2. The van der Waals surface area contributed by atoms with Gasteiger partial charge >= 0.3 is 0 Å². The van der Waals surface area contributed by atoms with Crippen LogP contribution < -0.4 is 0 Å². The van der Waals surface area contributed by atoms with Gasteiger partial charge in [-0.05, 0) is 19.3 Å². The molecule has 0 unspecified atom stereocenters. The predicted molar refractivity (Wildman–Crippen MR) is 96.0 cm³/mol. The molecule has 23 heavy (non-hydrogen) atoms. The van der Waals surface area contributed by atoms with Crippen LogP contribution in [-0.4, -0.2) is 35.1 Å². The first-order chi connectivity index (χ1) is 10.6. The Kier molecular flexibility index (Phi) is 44.6. The first kappa shape index (κ1) is 30.7. The third-order valence-electron chi connectivity index (χ3n) is 2.42. The first-order valence-electron chi connectivity index (χ1n) is 8.39. The second-order valence-corrected chi connectivity index (χ2v) is 4.81. The molecule has 0 fully saturated rings. The zero-order chi connectivity index (χ0) is 17.5. The average molecular weight is 361 g/mol. The van der Waals surface area contributed by atoms with E-state index in [1.165, 1.54) is 5.56 Å². The molecule has 4 heteroatoms. The van der Waals surface area contributed by atoms with E-state index in [9.17, 15) is 0 Å². The molecule has 0 spiro atoms. The Morgan fingerprint density at radius 3 is 1.13 bits per heavy atom. The molecule has 0 saturated heterocycles. The zero-order valence-corrected chi connectivity index (χ0v) is 17.1. The van der Waals surface area contributed by atoms with Gasteiger partial charge in [-0.2, -0.15) is 35.9 Å². The van der Waals surface area contributed by atoms with Crippen molar-refractivity contribution in [2.75, 3.05) is 19.8 Å². The summed E-state index contributed by atoms with van der Waals surface area (Å²) in [6.45, 7) is 9.25. The Bertz CT molecular complexity index is 236. The number of aliphatic hydroxyl groups is 3. The van der Waals surface area contributed by atoms with Crippen molar-refractivity contribution >= 4 is 0 Å². The van der Waals surface area contributed by atoms with Crippen LogP contribution in [-0.2, 0) is 21.7 Å². The van der Waals surface area contributed by atoms with Crippen molar-refractivity contribution in [1.82, 2.24) is 0 Å². The van der Waals surface area contributed by atoms with Gasteiger partial charge in [-0.3, -0.25) is 0 Å². The molecule has 3 nitrogen and oxygen atoms in total. The van der Waals surface area contributed by atoms with Gasteiger partial charge < -0.3 is 15.3 Å². The van der Waals surface area contributed by atoms with Crippen LogP contribution in [0, 0.1) is 13.0 Å². The van der Waals surface area contributed by atoms with E-state index in [1.54, 1.807) is 0 Å². The Labute approximate surface area is 159 Å². The summed E-state index contributed by atoms with van der Waals surface area (Å²) in [7, 11) is 0. The van der Waals surface area contributed by atoms with Crippen LogP contribution in [0.15, 0.2) is 24.3 Å². The van der Waals surface area contributed by atoms with E-state index in [2.05, 4.69) is 33.8 Å². The summed E-state index contributed by atoms with van der Waals surface area (Å²) >= 11 is 0. The topological polar surface area (TPSA) is 60.7 Å². The molecule has 0 saturated carbocycles. The monoisotopic (exact) mass is 361 g/mol. The van der Waals surface area contributed by atoms with Crippen LogP contribution in [0.4, 0.5) is 0 Å². The molecule has 0 heterocycles. The summed E-state index contributed by atoms with van der Waals surface area (Å²) < 4.78 is 0. The summed E-state index contributed by atoms with van der Waals surface area (Å²) in [4.78, 5) is 0. The molecule has 0 aliphatic rings. The van der Waals surface area contributed by atoms with Crippen molar-refractivity contribution in [2.24, 2.45) is 0 Å². The Hall–Kier alpha value is -0.186. The fourth-order valence-corrected chi connectivity index (χ4v) is 0.945. The molecule has 1 rings (SSSR count). The molecule has 136 valence electrons. The second kappa shape index (κ2) is 33.4. The molecule has 0 aromatic heterocycles. The van der Waals surface area contributed by atoms with Crippen LogP contribution in [0.1, 0.15) is 64.9 Å². The van der Waals surface area contributed by atoms with E-state index in [4.69, 9.17) is 15.3 Å². The maximum absolute atomic E-state index is 8.07. The van der Waals surface area contributed by atoms with E-state index < -0.39 is 0 Å². The summed E-state index contributed by atoms with van der Waals surface area (Å²) in [6.07, 6.45) is 6.11. The van der Waals surface area contributed by atoms with Crippen LogP contribution in [0.3, 0.4) is 0 Å². The summed E-state index contributed by atoms with van der Waals surface area (Å²) in [5.41, 5.74) is 1.29. The fraction of sp³-hybridized carbons (Fsp3) is 0.684. The number of rotatable bonds is 6. The largest absolute Gasteiger partial charge is 0.396 e. The van der Waals surface area contributed by atoms with Gasteiger partial charge in [0, 0.05) is 41.5 Å². The normalized spacial score (nSPS) is 8.13. The second-order valence-electron chi connectivity index (χ2n) is 4.81. The first-order valence-corrected chi connectivity index (χ1v) is 8.39. The van der Waals surface area contributed by atoms with Gasteiger partial charge in [-0.1, -0.05) is 47.0 Å². The van der Waals surface area contributed by atoms with Crippen molar-refractivity contribution in [2.45, 2.75) is 66.2 Å². The molecular formula is C19H37O3Ti-. The molecule has 0 aliphatic carbocycles. The van der Waals surface area contributed by atoms with Crippen molar-refractivity contribution in [3.05, 3.63) is 35.9 Å². The van der Waals surface area contributed by atoms with Gasteiger partial charge in [0.15, 0.2) is 0 Å². The molecule has 1 aromatic rings. The van der Waals surface area contributed by atoms with E-state index in [0.717, 1.165) is 38.5 Å². The number of unbranched alkanes of at least 4 members (excludes halogenated alkanes) is 3. The molecule has 0 atom stereocenters. The predicted octanol–water partition coefficient (Wildman–Crippen LogP) is 4.13. The Balaban J connectivity index is -0.000000105. The Morgan fingerprint density at radius 1 is 0.739 bits per heavy atom. The number of aryl methyl sites for hydroxylation is 1. The van der Waals surface area contributed by atoms with E-state index in [1.807, 2.05) is 24.3 Å². The smallest absolute Gasteiger partial charge is 0.0430 e.